The summed E-state index contributed by atoms with van der Waals surface area (Å²) in [6, 6.07) is 9.32. The largest absolute Gasteiger partial charge is 0.481 e. The molecular formula is C23H23N3O4. The number of nitrogens with zero attached hydrogens (tertiary/aromatic N) is 2. The van der Waals surface area contributed by atoms with Gasteiger partial charge >= 0.3 is 5.97 Å². The van der Waals surface area contributed by atoms with Crippen LogP contribution in [-0.2, 0) is 4.79 Å². The van der Waals surface area contributed by atoms with Crippen molar-refractivity contribution in [3.63, 3.8) is 0 Å². The molecule has 2 heterocycles. The summed E-state index contributed by atoms with van der Waals surface area (Å²) in [6.45, 7) is 4.32. The van der Waals surface area contributed by atoms with Crippen molar-refractivity contribution in [2.24, 2.45) is 5.92 Å². The molecule has 1 aliphatic heterocycles. The molecule has 3 aromatic rings. The van der Waals surface area contributed by atoms with Crippen LogP contribution in [0.5, 0.6) is 0 Å². The minimum atomic E-state index is -0.884. The van der Waals surface area contributed by atoms with Crippen molar-refractivity contribution in [3.8, 4) is 11.3 Å². The molecule has 154 valence electrons. The third kappa shape index (κ3) is 2.93. The molecule has 0 atom stereocenters. The molecule has 1 fully saturated rings. The number of fused-ring (bicyclic) bond motifs is 2. The standard InChI is InChI=1S/C23H23N3O4/c1-13-7-10-26(11-8-13)17-12-16(24-9-6-18(27)28)19-20-21(17)25-30-23(20)15-5-3-2-4-14(15)22(19)29/h2-5,12-13,24H,6-11H2,1H3,(H,27,28). The van der Waals surface area contributed by atoms with E-state index in [2.05, 4.69) is 22.3 Å². The van der Waals surface area contributed by atoms with E-state index >= 15 is 0 Å². The van der Waals surface area contributed by atoms with Gasteiger partial charge in [-0.25, -0.2) is 0 Å². The van der Waals surface area contributed by atoms with E-state index in [9.17, 15) is 9.59 Å². The SMILES string of the molecule is CC1CCN(c2cc(NCCC(=O)O)c3c4c(onc24)-c2ccccc2C3=O)CC1. The minimum absolute atomic E-state index is 0.0324. The molecule has 1 aliphatic carbocycles. The number of nitrogens with one attached hydrogen (secondary N) is 1. The molecule has 0 bridgehead atoms. The van der Waals surface area contributed by atoms with Crippen molar-refractivity contribution in [1.82, 2.24) is 5.16 Å². The smallest absolute Gasteiger partial charge is 0.305 e. The average Bonchev–Trinajstić information content (AvgIpc) is 3.18. The number of benzene rings is 2. The normalized spacial score (nSPS) is 16.0. The predicted octanol–water partition coefficient (Wildman–Crippen LogP) is 4.16. The quantitative estimate of drug-likeness (QED) is 0.515. The van der Waals surface area contributed by atoms with E-state index in [1.165, 1.54) is 0 Å². The maximum absolute atomic E-state index is 13.4. The third-order valence-corrected chi connectivity index (χ3v) is 6.16. The van der Waals surface area contributed by atoms with Crippen molar-refractivity contribution in [2.75, 3.05) is 29.9 Å². The first-order valence-corrected chi connectivity index (χ1v) is 10.4. The Labute approximate surface area is 173 Å². The van der Waals surface area contributed by atoms with E-state index in [0.717, 1.165) is 37.2 Å². The lowest BCUT2D eigenvalue weighted by Crippen LogP contribution is -2.33. The number of hydrogen-bond acceptors (Lipinski definition) is 6. The minimum Gasteiger partial charge on any atom is -0.481 e. The number of ketones is 1. The average molecular weight is 405 g/mol. The van der Waals surface area contributed by atoms with Gasteiger partial charge in [-0.15, -0.1) is 0 Å². The summed E-state index contributed by atoms with van der Waals surface area (Å²) in [5, 5.41) is 17.3. The topological polar surface area (TPSA) is 95.7 Å². The number of carbonyl (C=O) groups excluding carboxylic acids is 1. The van der Waals surface area contributed by atoms with E-state index in [4.69, 9.17) is 9.63 Å². The van der Waals surface area contributed by atoms with Gasteiger partial charge in [0.25, 0.3) is 0 Å². The lowest BCUT2D eigenvalue weighted by atomic mass is 9.86. The number of carbonyl (C=O) groups is 2. The number of carboxylic acid groups (broad SMARTS) is 1. The predicted molar refractivity (Wildman–Crippen MR) is 114 cm³/mol. The molecule has 0 amide bonds. The van der Waals surface area contributed by atoms with Crippen molar-refractivity contribution in [3.05, 3.63) is 41.5 Å². The van der Waals surface area contributed by atoms with Crippen LogP contribution in [0.25, 0.3) is 22.2 Å². The Morgan fingerprint density at radius 3 is 2.73 bits per heavy atom. The van der Waals surface area contributed by atoms with E-state index in [1.54, 1.807) is 6.07 Å². The lowest BCUT2D eigenvalue weighted by molar-refractivity contribution is -0.136. The van der Waals surface area contributed by atoms with E-state index in [-0.39, 0.29) is 18.7 Å². The highest BCUT2D eigenvalue weighted by atomic mass is 16.5. The van der Waals surface area contributed by atoms with Crippen molar-refractivity contribution in [1.29, 1.82) is 0 Å². The zero-order valence-corrected chi connectivity index (χ0v) is 16.8. The number of carboxylic acids is 1. The Kier molecular flexibility index (Phi) is 4.46. The fourth-order valence-electron chi connectivity index (χ4n) is 4.48. The highest BCUT2D eigenvalue weighted by molar-refractivity contribution is 6.28. The van der Waals surface area contributed by atoms with E-state index in [1.807, 2.05) is 24.3 Å². The fourth-order valence-corrected chi connectivity index (χ4v) is 4.48. The first-order chi connectivity index (χ1) is 14.5. The van der Waals surface area contributed by atoms with Gasteiger partial charge < -0.3 is 19.8 Å². The van der Waals surface area contributed by atoms with Gasteiger partial charge in [0.1, 0.15) is 5.52 Å². The molecule has 1 aromatic heterocycles. The summed E-state index contributed by atoms with van der Waals surface area (Å²) in [6.07, 6.45) is 2.16. The maximum Gasteiger partial charge on any atom is 0.305 e. The number of piperidine rings is 1. The van der Waals surface area contributed by atoms with Crippen LogP contribution < -0.4 is 10.2 Å². The second kappa shape index (κ2) is 7.16. The molecule has 0 spiro atoms. The highest BCUT2D eigenvalue weighted by Gasteiger charge is 2.34. The number of hydrogen-bond donors (Lipinski definition) is 2. The van der Waals surface area contributed by atoms with Gasteiger partial charge in [-0.3, -0.25) is 9.59 Å². The van der Waals surface area contributed by atoms with Gasteiger partial charge in [0, 0.05) is 36.4 Å². The first-order valence-electron chi connectivity index (χ1n) is 10.4. The van der Waals surface area contributed by atoms with Crippen molar-refractivity contribution >= 4 is 34.0 Å². The van der Waals surface area contributed by atoms with Gasteiger partial charge in [-0.05, 0) is 24.8 Å². The van der Waals surface area contributed by atoms with Gasteiger partial charge in [-0.2, -0.15) is 0 Å². The summed E-state index contributed by atoms with van der Waals surface area (Å²) in [5.41, 5.74) is 4.10. The number of aliphatic carboxylic acids is 1. The van der Waals surface area contributed by atoms with Crippen molar-refractivity contribution < 1.29 is 19.2 Å². The molecule has 0 radical (unpaired) electrons. The monoisotopic (exact) mass is 405 g/mol. The zero-order valence-electron chi connectivity index (χ0n) is 16.8. The Morgan fingerprint density at radius 2 is 2.00 bits per heavy atom. The summed E-state index contributed by atoms with van der Waals surface area (Å²) in [5.74, 6) is 0.306. The van der Waals surface area contributed by atoms with Crippen LogP contribution in [-0.4, -0.2) is 41.7 Å². The molecule has 30 heavy (non-hydrogen) atoms. The summed E-state index contributed by atoms with van der Waals surface area (Å²) >= 11 is 0. The Balaban J connectivity index is 1.69. The molecule has 7 heteroatoms. The van der Waals surface area contributed by atoms with Gasteiger partial charge in [0.15, 0.2) is 11.5 Å². The second-order valence-electron chi connectivity index (χ2n) is 8.17. The van der Waals surface area contributed by atoms with Crippen LogP contribution in [0.15, 0.2) is 34.9 Å². The Morgan fingerprint density at radius 1 is 1.27 bits per heavy atom. The number of aromatic nitrogens is 1. The molecule has 5 rings (SSSR count). The van der Waals surface area contributed by atoms with Crippen LogP contribution in [0.4, 0.5) is 11.4 Å². The number of anilines is 2. The highest BCUT2D eigenvalue weighted by Crippen LogP contribution is 2.46. The Bertz CT molecular complexity index is 1160. The van der Waals surface area contributed by atoms with Gasteiger partial charge in [0.05, 0.1) is 23.1 Å². The fraction of sp³-hybridized carbons (Fsp3) is 0.348. The zero-order chi connectivity index (χ0) is 20.8. The molecule has 1 saturated heterocycles. The molecule has 2 aromatic carbocycles. The van der Waals surface area contributed by atoms with Crippen LogP contribution in [0, 0.1) is 5.92 Å². The van der Waals surface area contributed by atoms with Crippen LogP contribution in [0.3, 0.4) is 0 Å². The summed E-state index contributed by atoms with van der Waals surface area (Å²) < 4.78 is 5.77. The first kappa shape index (κ1) is 18.7. The van der Waals surface area contributed by atoms with Crippen LogP contribution in [0.1, 0.15) is 42.1 Å². The Hall–Kier alpha value is -3.35. The number of rotatable bonds is 5. The molecule has 0 unspecified atom stereocenters. The van der Waals surface area contributed by atoms with Gasteiger partial charge in [-0.1, -0.05) is 36.3 Å². The van der Waals surface area contributed by atoms with Crippen LogP contribution >= 0.6 is 0 Å². The molecule has 0 saturated carbocycles. The molecule has 2 aliphatic rings. The maximum atomic E-state index is 13.4. The van der Waals surface area contributed by atoms with E-state index < -0.39 is 5.97 Å². The lowest BCUT2D eigenvalue weighted by Gasteiger charge is -2.33. The van der Waals surface area contributed by atoms with Crippen molar-refractivity contribution in [2.45, 2.75) is 26.2 Å². The second-order valence-corrected chi connectivity index (χ2v) is 8.17. The van der Waals surface area contributed by atoms with E-state index in [0.29, 0.717) is 39.4 Å². The molecule has 7 nitrogen and oxygen atoms in total. The molecular weight excluding hydrogens is 382 g/mol. The van der Waals surface area contributed by atoms with Gasteiger partial charge in [0.2, 0.25) is 0 Å². The van der Waals surface area contributed by atoms with Crippen LogP contribution in [0.2, 0.25) is 0 Å². The summed E-state index contributed by atoms with van der Waals surface area (Å²) in [4.78, 5) is 26.7. The third-order valence-electron chi connectivity index (χ3n) is 6.16. The molecule has 2 N–H and O–H groups in total. The summed E-state index contributed by atoms with van der Waals surface area (Å²) in [7, 11) is 0.